The fourth-order valence-corrected chi connectivity index (χ4v) is 3.10. The Morgan fingerprint density at radius 2 is 2.18 bits per heavy atom. The summed E-state index contributed by atoms with van der Waals surface area (Å²) in [5.74, 6) is 1.55. The topological polar surface area (TPSA) is 51.2 Å². The summed E-state index contributed by atoms with van der Waals surface area (Å²) in [4.78, 5) is 2.36. The molecule has 2 aliphatic rings. The number of aliphatic hydroxyl groups is 1. The lowest BCUT2D eigenvalue weighted by Crippen LogP contribution is -2.43. The number of benzene rings is 1. The van der Waals surface area contributed by atoms with Crippen molar-refractivity contribution in [3.63, 3.8) is 0 Å². The zero-order valence-corrected chi connectivity index (χ0v) is 13.2. The van der Waals surface area contributed by atoms with Crippen molar-refractivity contribution in [3.8, 4) is 11.5 Å². The first kappa shape index (κ1) is 15.6. The van der Waals surface area contributed by atoms with Crippen molar-refractivity contribution in [2.45, 2.75) is 44.9 Å². The highest BCUT2D eigenvalue weighted by Gasteiger charge is 2.20. The number of likely N-dealkylation sites (tertiary alicyclic amines) is 1. The highest BCUT2D eigenvalue weighted by Crippen LogP contribution is 2.32. The van der Waals surface area contributed by atoms with Gasteiger partial charge in [0.2, 0.25) is 6.79 Å². The van der Waals surface area contributed by atoms with Crippen LogP contribution in [0.15, 0.2) is 18.2 Å². The highest BCUT2D eigenvalue weighted by molar-refractivity contribution is 5.44. The highest BCUT2D eigenvalue weighted by atomic mass is 16.7. The van der Waals surface area contributed by atoms with Crippen LogP contribution in [0.2, 0.25) is 0 Å². The number of nitrogens with zero attached hydrogens (tertiary/aromatic N) is 1. The van der Waals surface area contributed by atoms with Gasteiger partial charge in [0.15, 0.2) is 11.5 Å². The summed E-state index contributed by atoms with van der Waals surface area (Å²) in [5, 5.41) is 10.1. The lowest BCUT2D eigenvalue weighted by Gasteiger charge is -2.34. The predicted molar refractivity (Wildman–Crippen MR) is 83.1 cm³/mol. The average molecular weight is 307 g/mol. The molecule has 2 unspecified atom stereocenters. The Bertz CT molecular complexity index is 494. The summed E-state index contributed by atoms with van der Waals surface area (Å²) >= 11 is 0. The van der Waals surface area contributed by atoms with E-state index in [1.54, 1.807) is 0 Å². The molecule has 122 valence electrons. The standard InChI is InChI=1S/C17H25NO4/c1-13-4-2-3-7-18(13)9-15(19)11-20-10-14-5-6-16-17(8-14)22-12-21-16/h5-6,8,13,15,19H,2-4,7,9-12H2,1H3. The molecule has 22 heavy (non-hydrogen) atoms. The number of hydrogen-bond donors (Lipinski definition) is 1. The molecule has 0 aromatic heterocycles. The molecule has 1 aromatic rings. The summed E-state index contributed by atoms with van der Waals surface area (Å²) in [7, 11) is 0. The van der Waals surface area contributed by atoms with E-state index in [4.69, 9.17) is 14.2 Å². The van der Waals surface area contributed by atoms with Gasteiger partial charge in [-0.3, -0.25) is 4.90 Å². The molecular weight excluding hydrogens is 282 g/mol. The van der Waals surface area contributed by atoms with Crippen LogP contribution in [0, 0.1) is 0 Å². The molecule has 3 rings (SSSR count). The van der Waals surface area contributed by atoms with Crippen LogP contribution in [-0.4, -0.2) is 48.6 Å². The van der Waals surface area contributed by atoms with Crippen LogP contribution in [0.3, 0.4) is 0 Å². The van der Waals surface area contributed by atoms with Crippen molar-refractivity contribution in [2.24, 2.45) is 0 Å². The molecule has 5 nitrogen and oxygen atoms in total. The van der Waals surface area contributed by atoms with Crippen LogP contribution in [0.1, 0.15) is 31.7 Å². The normalized spacial score (nSPS) is 22.7. The van der Waals surface area contributed by atoms with Gasteiger partial charge in [0.05, 0.1) is 19.3 Å². The van der Waals surface area contributed by atoms with Gasteiger partial charge in [0.1, 0.15) is 0 Å². The number of hydrogen-bond acceptors (Lipinski definition) is 5. The minimum absolute atomic E-state index is 0.284. The van der Waals surface area contributed by atoms with Crippen LogP contribution in [0.25, 0.3) is 0 Å². The number of fused-ring (bicyclic) bond motifs is 1. The van der Waals surface area contributed by atoms with E-state index in [1.807, 2.05) is 18.2 Å². The Balaban J connectivity index is 1.40. The molecule has 0 spiro atoms. The van der Waals surface area contributed by atoms with E-state index in [0.29, 0.717) is 25.8 Å². The van der Waals surface area contributed by atoms with Crippen molar-refractivity contribution < 1.29 is 19.3 Å². The van der Waals surface area contributed by atoms with Gasteiger partial charge in [-0.15, -0.1) is 0 Å². The number of rotatable bonds is 6. The quantitative estimate of drug-likeness (QED) is 0.873. The summed E-state index contributed by atoms with van der Waals surface area (Å²) in [6, 6.07) is 6.36. The molecular formula is C17H25NO4. The smallest absolute Gasteiger partial charge is 0.231 e. The van der Waals surface area contributed by atoms with Crippen molar-refractivity contribution >= 4 is 0 Å². The fraction of sp³-hybridized carbons (Fsp3) is 0.647. The molecule has 0 aliphatic carbocycles. The van der Waals surface area contributed by atoms with Crippen LogP contribution in [-0.2, 0) is 11.3 Å². The summed E-state index contributed by atoms with van der Waals surface area (Å²) in [5.41, 5.74) is 1.03. The summed E-state index contributed by atoms with van der Waals surface area (Å²) < 4.78 is 16.3. The average Bonchev–Trinajstić information content (AvgIpc) is 2.97. The van der Waals surface area contributed by atoms with Crippen molar-refractivity contribution in [2.75, 3.05) is 26.5 Å². The van der Waals surface area contributed by atoms with Gasteiger partial charge < -0.3 is 19.3 Å². The molecule has 2 aliphatic heterocycles. The second-order valence-corrected chi connectivity index (χ2v) is 6.20. The molecule has 5 heteroatoms. The molecule has 1 aromatic carbocycles. The maximum absolute atomic E-state index is 10.1. The first-order valence-electron chi connectivity index (χ1n) is 8.11. The van der Waals surface area contributed by atoms with Crippen LogP contribution in [0.4, 0.5) is 0 Å². The molecule has 0 bridgehead atoms. The van der Waals surface area contributed by atoms with Gasteiger partial charge in [-0.05, 0) is 44.0 Å². The molecule has 0 amide bonds. The lowest BCUT2D eigenvalue weighted by atomic mass is 10.0. The zero-order chi connectivity index (χ0) is 15.4. The van der Waals surface area contributed by atoms with E-state index in [0.717, 1.165) is 23.6 Å². The summed E-state index contributed by atoms with van der Waals surface area (Å²) in [6.45, 7) is 5.13. The predicted octanol–water partition coefficient (Wildman–Crippen LogP) is 2.17. The van der Waals surface area contributed by atoms with Crippen molar-refractivity contribution in [3.05, 3.63) is 23.8 Å². The van der Waals surface area contributed by atoms with E-state index in [2.05, 4.69) is 11.8 Å². The van der Waals surface area contributed by atoms with Gasteiger partial charge in [-0.1, -0.05) is 12.5 Å². The lowest BCUT2D eigenvalue weighted by molar-refractivity contribution is -0.00141. The third kappa shape index (κ3) is 3.91. The molecule has 0 saturated carbocycles. The monoisotopic (exact) mass is 307 g/mol. The maximum atomic E-state index is 10.1. The minimum atomic E-state index is -0.436. The molecule has 2 heterocycles. The molecule has 1 fully saturated rings. The number of piperidine rings is 1. The Labute approximate surface area is 131 Å². The van der Waals surface area contributed by atoms with Crippen LogP contribution < -0.4 is 9.47 Å². The Morgan fingerprint density at radius 3 is 3.05 bits per heavy atom. The Hall–Kier alpha value is -1.30. The molecule has 0 radical (unpaired) electrons. The maximum Gasteiger partial charge on any atom is 0.231 e. The number of aliphatic hydroxyl groups excluding tert-OH is 1. The molecule has 1 N–H and O–H groups in total. The number of ether oxygens (including phenoxy) is 3. The van der Waals surface area contributed by atoms with E-state index in [9.17, 15) is 5.11 Å². The Morgan fingerprint density at radius 1 is 1.32 bits per heavy atom. The van der Waals surface area contributed by atoms with Gasteiger partial charge >= 0.3 is 0 Å². The minimum Gasteiger partial charge on any atom is -0.454 e. The zero-order valence-electron chi connectivity index (χ0n) is 13.2. The van der Waals surface area contributed by atoms with Gasteiger partial charge in [-0.2, -0.15) is 0 Å². The van der Waals surface area contributed by atoms with Gasteiger partial charge in [0, 0.05) is 12.6 Å². The third-order valence-electron chi connectivity index (χ3n) is 4.40. The Kier molecular flexibility index (Phi) is 5.18. The molecule has 1 saturated heterocycles. The van der Waals surface area contributed by atoms with Crippen LogP contribution >= 0.6 is 0 Å². The second-order valence-electron chi connectivity index (χ2n) is 6.20. The van der Waals surface area contributed by atoms with Gasteiger partial charge in [0.25, 0.3) is 0 Å². The fourth-order valence-electron chi connectivity index (χ4n) is 3.10. The number of β-amino-alcohol motifs (C(OH)–C–C–N with tert-alkyl or cyclic N) is 1. The van der Waals surface area contributed by atoms with E-state index in [1.165, 1.54) is 19.3 Å². The summed E-state index contributed by atoms with van der Waals surface area (Å²) in [6.07, 6.45) is 3.32. The van der Waals surface area contributed by atoms with Crippen molar-refractivity contribution in [1.82, 2.24) is 4.90 Å². The van der Waals surface area contributed by atoms with Crippen molar-refractivity contribution in [1.29, 1.82) is 0 Å². The largest absolute Gasteiger partial charge is 0.454 e. The van der Waals surface area contributed by atoms with E-state index in [-0.39, 0.29) is 6.79 Å². The second kappa shape index (κ2) is 7.31. The van der Waals surface area contributed by atoms with E-state index >= 15 is 0 Å². The molecule has 2 atom stereocenters. The van der Waals surface area contributed by atoms with Crippen LogP contribution in [0.5, 0.6) is 11.5 Å². The first-order chi connectivity index (χ1) is 10.7. The SMILES string of the molecule is CC1CCCCN1CC(O)COCc1ccc2c(c1)OCO2. The van der Waals surface area contributed by atoms with E-state index < -0.39 is 6.10 Å². The first-order valence-corrected chi connectivity index (χ1v) is 8.11. The third-order valence-corrected chi connectivity index (χ3v) is 4.40. The van der Waals surface area contributed by atoms with Gasteiger partial charge in [-0.25, -0.2) is 0 Å².